The van der Waals surface area contributed by atoms with Crippen molar-refractivity contribution in [2.45, 2.75) is 65.0 Å². The minimum absolute atomic E-state index is 0.0975. The minimum Gasteiger partial charge on any atom is -0.444 e. The molecule has 1 aromatic carbocycles. The molecule has 0 unspecified atom stereocenters. The third-order valence-corrected chi connectivity index (χ3v) is 7.55. The van der Waals surface area contributed by atoms with E-state index in [9.17, 15) is 9.59 Å². The summed E-state index contributed by atoms with van der Waals surface area (Å²) in [6.07, 6.45) is 6.57. The van der Waals surface area contributed by atoms with Gasteiger partial charge >= 0.3 is 6.09 Å². The van der Waals surface area contributed by atoms with E-state index in [1.807, 2.05) is 50.8 Å². The number of nitrogens with one attached hydrogen (secondary N) is 1. The predicted octanol–water partition coefficient (Wildman–Crippen LogP) is 4.60. The molecule has 2 aliphatic rings. The molecule has 0 aliphatic carbocycles. The number of hydrogen-bond donors (Lipinski definition) is 1. The lowest BCUT2D eigenvalue weighted by atomic mass is 9.96. The molecular weight excluding hydrogens is 494 g/mol. The highest BCUT2D eigenvalue weighted by Crippen LogP contribution is 2.29. The van der Waals surface area contributed by atoms with Gasteiger partial charge in [0.1, 0.15) is 5.60 Å². The van der Waals surface area contributed by atoms with Crippen LogP contribution in [0.15, 0.2) is 30.5 Å². The zero-order valence-corrected chi connectivity index (χ0v) is 23.4. The van der Waals surface area contributed by atoms with E-state index in [4.69, 9.17) is 4.74 Å². The first kappa shape index (κ1) is 27.1. The van der Waals surface area contributed by atoms with Gasteiger partial charge in [-0.2, -0.15) is 5.10 Å². The topological polar surface area (TPSA) is 105 Å². The fraction of sp³-hybridized carbons (Fsp3) is 0.552. The first-order chi connectivity index (χ1) is 18.7. The summed E-state index contributed by atoms with van der Waals surface area (Å²) >= 11 is 0. The second-order valence-electron chi connectivity index (χ2n) is 11.7. The van der Waals surface area contributed by atoms with Gasteiger partial charge in [-0.25, -0.2) is 4.79 Å². The highest BCUT2D eigenvalue weighted by atomic mass is 16.6. The number of hydrogen-bond acceptors (Lipinski definition) is 7. The Labute approximate surface area is 229 Å². The molecule has 1 N–H and O–H groups in total. The van der Waals surface area contributed by atoms with Crippen LogP contribution < -0.4 is 5.32 Å². The monoisotopic (exact) mass is 533 g/mol. The van der Waals surface area contributed by atoms with Gasteiger partial charge in [0, 0.05) is 43.5 Å². The van der Waals surface area contributed by atoms with Crippen molar-refractivity contribution in [2.24, 2.45) is 13.0 Å². The van der Waals surface area contributed by atoms with Gasteiger partial charge < -0.3 is 15.0 Å². The molecule has 10 nitrogen and oxygen atoms in total. The van der Waals surface area contributed by atoms with Gasteiger partial charge in [0.05, 0.1) is 17.4 Å². The van der Waals surface area contributed by atoms with E-state index >= 15 is 0 Å². The van der Waals surface area contributed by atoms with Crippen molar-refractivity contribution >= 4 is 28.7 Å². The van der Waals surface area contributed by atoms with E-state index in [-0.39, 0.29) is 17.9 Å². The number of anilines is 1. The Morgan fingerprint density at radius 3 is 2.49 bits per heavy atom. The summed E-state index contributed by atoms with van der Waals surface area (Å²) < 4.78 is 7.43. The second-order valence-corrected chi connectivity index (χ2v) is 11.7. The van der Waals surface area contributed by atoms with Crippen LogP contribution in [0.2, 0.25) is 0 Å². The number of likely N-dealkylation sites (tertiary alicyclic amines) is 2. The Hall–Kier alpha value is -3.53. The van der Waals surface area contributed by atoms with Gasteiger partial charge in [-0.15, -0.1) is 10.2 Å². The SMILES string of the molecule is Cn1ncc(-c2ccc3nnc(NC(=O)C4CCN(C(=O)OC(C)(C)C)CC4)cc3c2)c1CN1CCCCC1. The molecular formula is C29H39N7O3. The molecule has 2 saturated heterocycles. The molecule has 10 heteroatoms. The van der Waals surface area contributed by atoms with Gasteiger partial charge in [-0.3, -0.25) is 14.4 Å². The molecule has 2 fully saturated rings. The summed E-state index contributed by atoms with van der Waals surface area (Å²) in [6, 6.07) is 7.99. The molecule has 0 bridgehead atoms. The Kier molecular flexibility index (Phi) is 7.83. The third-order valence-electron chi connectivity index (χ3n) is 7.55. The number of nitrogens with zero attached hydrogens (tertiary/aromatic N) is 6. The summed E-state index contributed by atoms with van der Waals surface area (Å²) in [4.78, 5) is 29.5. The van der Waals surface area contributed by atoms with E-state index in [0.717, 1.165) is 41.7 Å². The van der Waals surface area contributed by atoms with Crippen LogP contribution in [0.3, 0.4) is 0 Å². The molecule has 4 heterocycles. The summed E-state index contributed by atoms with van der Waals surface area (Å²) in [5, 5.41) is 17.0. The van der Waals surface area contributed by atoms with Crippen LogP contribution in [0.4, 0.5) is 10.6 Å². The molecule has 2 aromatic heterocycles. The number of carbonyl (C=O) groups is 2. The number of aromatic nitrogens is 4. The van der Waals surface area contributed by atoms with Crippen molar-refractivity contribution in [3.8, 4) is 11.1 Å². The summed E-state index contributed by atoms with van der Waals surface area (Å²) in [7, 11) is 2.00. The van der Waals surface area contributed by atoms with Crippen LogP contribution in [-0.4, -0.2) is 73.6 Å². The second kappa shape index (κ2) is 11.3. The van der Waals surface area contributed by atoms with E-state index in [1.54, 1.807) is 4.90 Å². The van der Waals surface area contributed by atoms with Crippen molar-refractivity contribution in [2.75, 3.05) is 31.5 Å². The molecule has 0 spiro atoms. The maximum Gasteiger partial charge on any atom is 0.410 e. The average Bonchev–Trinajstić information content (AvgIpc) is 3.27. The molecule has 0 radical (unpaired) electrons. The number of benzene rings is 1. The standard InChI is InChI=1S/C29H39N7O3/c1-29(2,3)39-28(38)36-14-10-20(11-15-36)27(37)31-26-17-22-16-21(8-9-24(22)32-33-26)23-18-30-34(4)25(23)19-35-12-6-5-7-13-35/h8-9,16-18,20H,5-7,10-15,19H2,1-4H3,(H,31,33,37). The fourth-order valence-corrected chi connectivity index (χ4v) is 5.37. The van der Waals surface area contributed by atoms with Crippen molar-refractivity contribution in [3.05, 3.63) is 36.2 Å². The summed E-state index contributed by atoms with van der Waals surface area (Å²) in [6.45, 7) is 9.67. The highest BCUT2D eigenvalue weighted by molar-refractivity contribution is 5.94. The van der Waals surface area contributed by atoms with Gasteiger partial charge in [-0.1, -0.05) is 12.5 Å². The number of amides is 2. The van der Waals surface area contributed by atoms with Crippen LogP contribution in [0, 0.1) is 5.92 Å². The van der Waals surface area contributed by atoms with Crippen LogP contribution in [0.5, 0.6) is 0 Å². The van der Waals surface area contributed by atoms with Crippen molar-refractivity contribution in [1.82, 2.24) is 29.8 Å². The lowest BCUT2D eigenvalue weighted by molar-refractivity contribution is -0.121. The van der Waals surface area contributed by atoms with Crippen LogP contribution >= 0.6 is 0 Å². The number of piperidine rings is 2. The van der Waals surface area contributed by atoms with Crippen LogP contribution in [0.25, 0.3) is 22.0 Å². The zero-order chi connectivity index (χ0) is 27.6. The quantitative estimate of drug-likeness (QED) is 0.511. The van der Waals surface area contributed by atoms with Gasteiger partial charge in [0.2, 0.25) is 5.91 Å². The zero-order valence-electron chi connectivity index (χ0n) is 23.4. The number of carbonyl (C=O) groups excluding carboxylic acids is 2. The summed E-state index contributed by atoms with van der Waals surface area (Å²) in [5.41, 5.74) is 3.62. The maximum atomic E-state index is 13.0. The molecule has 3 aromatic rings. The normalized spacial score (nSPS) is 17.4. The third kappa shape index (κ3) is 6.55. The Balaban J connectivity index is 1.26. The van der Waals surface area contributed by atoms with Crippen molar-refractivity contribution in [3.63, 3.8) is 0 Å². The molecule has 0 atom stereocenters. The van der Waals surface area contributed by atoms with E-state index < -0.39 is 5.60 Å². The highest BCUT2D eigenvalue weighted by Gasteiger charge is 2.30. The average molecular weight is 534 g/mol. The van der Waals surface area contributed by atoms with Crippen molar-refractivity contribution in [1.29, 1.82) is 0 Å². The molecule has 0 saturated carbocycles. The van der Waals surface area contributed by atoms with Gasteiger partial charge in [0.15, 0.2) is 5.82 Å². The lowest BCUT2D eigenvalue weighted by Gasteiger charge is -2.32. The summed E-state index contributed by atoms with van der Waals surface area (Å²) in [5.74, 6) is 0.138. The fourth-order valence-electron chi connectivity index (χ4n) is 5.37. The first-order valence-corrected chi connectivity index (χ1v) is 14.0. The van der Waals surface area contributed by atoms with Gasteiger partial charge in [0.25, 0.3) is 0 Å². The van der Waals surface area contributed by atoms with Crippen LogP contribution in [0.1, 0.15) is 58.6 Å². The Morgan fingerprint density at radius 1 is 1.03 bits per heavy atom. The minimum atomic E-state index is -0.536. The van der Waals surface area contributed by atoms with E-state index in [1.165, 1.54) is 25.0 Å². The number of fused-ring (bicyclic) bond motifs is 1. The largest absolute Gasteiger partial charge is 0.444 e. The molecule has 2 aliphatic heterocycles. The maximum absolute atomic E-state index is 13.0. The molecule has 208 valence electrons. The molecule has 2 amide bonds. The number of ether oxygens (including phenoxy) is 1. The van der Waals surface area contributed by atoms with Crippen LogP contribution in [-0.2, 0) is 23.1 Å². The predicted molar refractivity (Wildman–Crippen MR) is 150 cm³/mol. The van der Waals surface area contributed by atoms with E-state index in [2.05, 4.69) is 37.6 Å². The number of rotatable bonds is 5. The lowest BCUT2D eigenvalue weighted by Crippen LogP contribution is -2.43. The number of aryl methyl sites for hydroxylation is 1. The molecule has 39 heavy (non-hydrogen) atoms. The smallest absolute Gasteiger partial charge is 0.410 e. The molecule has 5 rings (SSSR count). The van der Waals surface area contributed by atoms with E-state index in [0.29, 0.717) is 31.7 Å². The Bertz CT molecular complexity index is 1330. The Morgan fingerprint density at radius 2 is 1.77 bits per heavy atom. The first-order valence-electron chi connectivity index (χ1n) is 14.0. The van der Waals surface area contributed by atoms with Gasteiger partial charge in [-0.05, 0) is 83.3 Å². The van der Waals surface area contributed by atoms with Crippen molar-refractivity contribution < 1.29 is 14.3 Å².